The lowest BCUT2D eigenvalue weighted by molar-refractivity contribution is -0.103. The molecule has 0 radical (unpaired) electrons. The van der Waals surface area contributed by atoms with Gasteiger partial charge in [0.25, 0.3) is 0 Å². The lowest BCUT2D eigenvalue weighted by atomic mass is 10.1. The molecule has 0 bridgehead atoms. The zero-order valence-corrected chi connectivity index (χ0v) is 7.25. The second kappa shape index (κ2) is 4.33. The van der Waals surface area contributed by atoms with E-state index in [2.05, 4.69) is 5.92 Å². The number of rotatable bonds is 1. The van der Waals surface area contributed by atoms with Crippen LogP contribution in [0.25, 0.3) is 0 Å². The molecule has 1 aromatic rings. The van der Waals surface area contributed by atoms with Crippen LogP contribution in [0, 0.1) is 23.5 Å². The summed E-state index contributed by atoms with van der Waals surface area (Å²) in [5, 5.41) is 8.64. The third kappa shape index (κ3) is 2.38. The highest BCUT2D eigenvalue weighted by molar-refractivity contribution is 5.91. The predicted octanol–water partition coefficient (Wildman–Crippen LogP) is 1.21. The minimum absolute atomic E-state index is 0.229. The molecule has 0 fully saturated rings. The van der Waals surface area contributed by atoms with E-state index in [-0.39, 0.29) is 11.8 Å². The molecule has 0 aliphatic heterocycles. The number of benzene rings is 1. The predicted molar refractivity (Wildman–Crippen MR) is 46.3 cm³/mol. The first kappa shape index (κ1) is 10.9. The van der Waals surface area contributed by atoms with Gasteiger partial charge in [-0.3, -0.25) is 4.79 Å². The fourth-order valence-electron chi connectivity index (χ4n) is 0.934. The molecule has 5 heteroatoms. The fraction of sp³-hybridized carbons (Fsp3) is 0. The maximum Gasteiger partial charge on any atom is 0.337 e. The van der Waals surface area contributed by atoms with Crippen LogP contribution >= 0.6 is 0 Å². The number of carbonyl (C=O) groups excluding carboxylic acids is 1. The van der Waals surface area contributed by atoms with Crippen LogP contribution in [-0.2, 0) is 4.79 Å². The molecular formula is C10H4F2O3. The summed E-state index contributed by atoms with van der Waals surface area (Å²) in [7, 11) is 0. The van der Waals surface area contributed by atoms with Gasteiger partial charge in [0, 0.05) is 5.56 Å². The Morgan fingerprint density at radius 3 is 2.47 bits per heavy atom. The van der Waals surface area contributed by atoms with Gasteiger partial charge in [-0.05, 0) is 18.1 Å². The molecule has 15 heavy (non-hydrogen) atoms. The van der Waals surface area contributed by atoms with Gasteiger partial charge >= 0.3 is 5.97 Å². The molecule has 0 amide bonds. The summed E-state index contributed by atoms with van der Waals surface area (Å²) in [6.45, 7) is 0. The summed E-state index contributed by atoms with van der Waals surface area (Å²) in [6.07, 6.45) is 0.229. The second-order valence-electron chi connectivity index (χ2n) is 2.50. The van der Waals surface area contributed by atoms with E-state index in [1.54, 1.807) is 0 Å². The topological polar surface area (TPSA) is 54.4 Å². The van der Waals surface area contributed by atoms with Gasteiger partial charge in [0.05, 0.1) is 5.56 Å². The molecule has 0 aliphatic rings. The summed E-state index contributed by atoms with van der Waals surface area (Å²) in [5.41, 5.74) is -0.725. The van der Waals surface area contributed by atoms with Gasteiger partial charge in [-0.25, -0.2) is 13.6 Å². The van der Waals surface area contributed by atoms with Crippen molar-refractivity contribution >= 4 is 12.3 Å². The lowest BCUT2D eigenvalue weighted by Crippen LogP contribution is -2.02. The summed E-state index contributed by atoms with van der Waals surface area (Å²) in [4.78, 5) is 20.5. The van der Waals surface area contributed by atoms with Gasteiger partial charge in [0.2, 0.25) is 0 Å². The Morgan fingerprint density at radius 1 is 1.33 bits per heavy atom. The average Bonchev–Trinajstić information content (AvgIpc) is 2.19. The molecule has 76 valence electrons. The van der Waals surface area contributed by atoms with E-state index in [0.717, 1.165) is 0 Å². The van der Waals surface area contributed by atoms with Crippen LogP contribution in [0.3, 0.4) is 0 Å². The van der Waals surface area contributed by atoms with Crippen LogP contribution in [0.4, 0.5) is 8.78 Å². The van der Waals surface area contributed by atoms with Crippen molar-refractivity contribution in [3.05, 3.63) is 34.9 Å². The molecular weight excluding hydrogens is 206 g/mol. The van der Waals surface area contributed by atoms with Crippen molar-refractivity contribution < 1.29 is 23.5 Å². The van der Waals surface area contributed by atoms with E-state index < -0.39 is 23.2 Å². The van der Waals surface area contributed by atoms with E-state index in [4.69, 9.17) is 5.11 Å². The summed E-state index contributed by atoms with van der Waals surface area (Å²) in [6, 6.07) is 1.15. The van der Waals surface area contributed by atoms with Crippen molar-refractivity contribution in [2.45, 2.75) is 0 Å². The number of halogens is 2. The number of hydrogen-bond donors (Lipinski definition) is 1. The zero-order valence-electron chi connectivity index (χ0n) is 7.25. The van der Waals surface area contributed by atoms with Crippen molar-refractivity contribution in [3.63, 3.8) is 0 Å². The van der Waals surface area contributed by atoms with Crippen LogP contribution < -0.4 is 0 Å². The zero-order chi connectivity index (χ0) is 11.4. The van der Waals surface area contributed by atoms with Crippen molar-refractivity contribution in [3.8, 4) is 11.8 Å². The van der Waals surface area contributed by atoms with Gasteiger partial charge in [-0.15, -0.1) is 0 Å². The quantitative estimate of drug-likeness (QED) is 0.560. The highest BCUT2D eigenvalue weighted by Gasteiger charge is 2.13. The van der Waals surface area contributed by atoms with Crippen molar-refractivity contribution in [1.29, 1.82) is 0 Å². The maximum atomic E-state index is 12.7. The first-order valence-electron chi connectivity index (χ1n) is 3.73. The van der Waals surface area contributed by atoms with E-state index >= 15 is 0 Å². The largest absolute Gasteiger partial charge is 0.478 e. The maximum absolute atomic E-state index is 12.7. The first-order chi connectivity index (χ1) is 7.06. The molecule has 1 aromatic carbocycles. The van der Waals surface area contributed by atoms with Gasteiger partial charge in [0.1, 0.15) is 0 Å². The van der Waals surface area contributed by atoms with Crippen molar-refractivity contribution in [1.82, 2.24) is 0 Å². The number of hydrogen-bond acceptors (Lipinski definition) is 2. The Morgan fingerprint density at radius 2 is 1.93 bits per heavy atom. The van der Waals surface area contributed by atoms with Crippen molar-refractivity contribution in [2.24, 2.45) is 0 Å². The monoisotopic (exact) mass is 210 g/mol. The molecule has 1 rings (SSSR count). The van der Waals surface area contributed by atoms with Crippen LogP contribution in [-0.4, -0.2) is 17.4 Å². The van der Waals surface area contributed by atoms with Crippen LogP contribution in [0.2, 0.25) is 0 Å². The minimum Gasteiger partial charge on any atom is -0.478 e. The second-order valence-corrected chi connectivity index (χ2v) is 2.50. The normalized spacial score (nSPS) is 8.93. The average molecular weight is 210 g/mol. The van der Waals surface area contributed by atoms with E-state index in [0.29, 0.717) is 12.1 Å². The Hall–Kier alpha value is -2.22. The molecule has 1 N–H and O–H groups in total. The third-order valence-corrected chi connectivity index (χ3v) is 1.56. The van der Waals surface area contributed by atoms with E-state index in [9.17, 15) is 18.4 Å². The number of carbonyl (C=O) groups is 2. The SMILES string of the molecule is O=CC#Cc1cc(F)c(F)cc1C(=O)O. The molecule has 0 heterocycles. The molecule has 0 atom stereocenters. The number of carboxylic acid groups (broad SMARTS) is 1. The Labute approximate surface area is 83.3 Å². The Balaban J connectivity index is 3.41. The highest BCUT2D eigenvalue weighted by Crippen LogP contribution is 2.14. The molecule has 0 aromatic heterocycles. The molecule has 0 unspecified atom stereocenters. The lowest BCUT2D eigenvalue weighted by Gasteiger charge is -2.00. The first-order valence-corrected chi connectivity index (χ1v) is 3.73. The standard InChI is InChI=1S/C10H4F2O3/c11-8-4-6(2-1-3-13)7(10(14)15)5-9(8)12/h3-5H,(H,14,15). The smallest absolute Gasteiger partial charge is 0.337 e. The molecule has 0 spiro atoms. The van der Waals surface area contributed by atoms with Gasteiger partial charge in [0.15, 0.2) is 17.9 Å². The minimum atomic E-state index is -1.44. The number of aldehydes is 1. The Bertz CT molecular complexity index is 483. The summed E-state index contributed by atoms with van der Waals surface area (Å²) < 4.78 is 25.4. The van der Waals surface area contributed by atoms with Crippen molar-refractivity contribution in [2.75, 3.05) is 0 Å². The fourth-order valence-corrected chi connectivity index (χ4v) is 0.934. The van der Waals surface area contributed by atoms with Gasteiger partial charge < -0.3 is 5.11 Å². The number of carboxylic acids is 1. The van der Waals surface area contributed by atoms with Gasteiger partial charge in [-0.2, -0.15) is 0 Å². The van der Waals surface area contributed by atoms with Crippen LogP contribution in [0.15, 0.2) is 12.1 Å². The van der Waals surface area contributed by atoms with Gasteiger partial charge in [-0.1, -0.05) is 5.92 Å². The highest BCUT2D eigenvalue weighted by atomic mass is 19.2. The van der Waals surface area contributed by atoms with E-state index in [1.807, 2.05) is 5.92 Å². The van der Waals surface area contributed by atoms with Crippen LogP contribution in [0.5, 0.6) is 0 Å². The molecule has 0 saturated carbocycles. The molecule has 0 saturated heterocycles. The number of aromatic carboxylic acids is 1. The molecule has 3 nitrogen and oxygen atoms in total. The van der Waals surface area contributed by atoms with E-state index in [1.165, 1.54) is 0 Å². The third-order valence-electron chi connectivity index (χ3n) is 1.56. The summed E-state index contributed by atoms with van der Waals surface area (Å²) >= 11 is 0. The molecule has 0 aliphatic carbocycles. The Kier molecular flexibility index (Phi) is 3.13. The summed E-state index contributed by atoms with van der Waals surface area (Å²) in [5.74, 6) is 0.103. The van der Waals surface area contributed by atoms with Crippen LogP contribution in [0.1, 0.15) is 15.9 Å².